The van der Waals surface area contributed by atoms with Crippen LogP contribution in [0.25, 0.3) is 0 Å². The number of halogens is 1. The van der Waals surface area contributed by atoms with Gasteiger partial charge in [-0.2, -0.15) is 0 Å². The van der Waals surface area contributed by atoms with E-state index in [1.807, 2.05) is 6.92 Å². The van der Waals surface area contributed by atoms with Crippen molar-refractivity contribution >= 4 is 17.5 Å². The Morgan fingerprint density at radius 1 is 1.56 bits per heavy atom. The Bertz CT molecular complexity index is 419. The molecule has 16 heavy (non-hydrogen) atoms. The van der Waals surface area contributed by atoms with Gasteiger partial charge in [-0.15, -0.1) is 0 Å². The van der Waals surface area contributed by atoms with E-state index in [2.05, 4.69) is 0 Å². The van der Waals surface area contributed by atoms with Gasteiger partial charge in [0.25, 0.3) is 5.91 Å². The van der Waals surface area contributed by atoms with E-state index in [1.165, 1.54) is 12.1 Å². The molecule has 1 fully saturated rings. The molecule has 0 aliphatic carbocycles. The molecule has 0 bridgehead atoms. The number of aromatic hydroxyl groups is 1. The van der Waals surface area contributed by atoms with Gasteiger partial charge in [0, 0.05) is 12.6 Å². The Kier molecular flexibility index (Phi) is 3.06. The zero-order valence-electron chi connectivity index (χ0n) is 9.11. The lowest BCUT2D eigenvalue weighted by Gasteiger charge is -2.21. The molecular weight excluding hydrogens is 226 g/mol. The number of benzene rings is 1. The van der Waals surface area contributed by atoms with E-state index in [0.717, 1.165) is 19.4 Å². The van der Waals surface area contributed by atoms with E-state index >= 15 is 0 Å². The highest BCUT2D eigenvalue weighted by Crippen LogP contribution is 2.26. The Morgan fingerprint density at radius 2 is 2.31 bits per heavy atom. The summed E-state index contributed by atoms with van der Waals surface area (Å²) >= 11 is 5.96. The molecule has 1 amide bonds. The van der Waals surface area contributed by atoms with Crippen molar-refractivity contribution in [2.45, 2.75) is 25.8 Å². The van der Waals surface area contributed by atoms with Crippen LogP contribution in [0.2, 0.25) is 5.02 Å². The fourth-order valence-electron chi connectivity index (χ4n) is 2.07. The van der Waals surface area contributed by atoms with Crippen LogP contribution in [0.1, 0.15) is 30.1 Å². The maximum absolute atomic E-state index is 12.2. The standard InChI is InChI=1S/C12H14ClNO2/c1-8-3-2-6-14(8)12(16)10-7-9(15)4-5-11(10)13/h4-5,7-8,15H,2-3,6H2,1H3. The van der Waals surface area contributed by atoms with Crippen molar-refractivity contribution < 1.29 is 9.90 Å². The smallest absolute Gasteiger partial charge is 0.255 e. The number of hydrogen-bond donors (Lipinski definition) is 1. The van der Waals surface area contributed by atoms with E-state index in [4.69, 9.17) is 11.6 Å². The minimum atomic E-state index is -0.0918. The number of rotatable bonds is 1. The number of carbonyl (C=O) groups is 1. The first kappa shape index (κ1) is 11.3. The van der Waals surface area contributed by atoms with Crippen molar-refractivity contribution in [2.24, 2.45) is 0 Å². The highest BCUT2D eigenvalue weighted by atomic mass is 35.5. The van der Waals surface area contributed by atoms with Crippen LogP contribution in [-0.2, 0) is 0 Å². The summed E-state index contributed by atoms with van der Waals surface area (Å²) < 4.78 is 0. The first-order valence-corrected chi connectivity index (χ1v) is 5.77. The number of likely N-dealkylation sites (tertiary alicyclic amines) is 1. The number of phenols is 1. The molecule has 1 N–H and O–H groups in total. The lowest BCUT2D eigenvalue weighted by Crippen LogP contribution is -2.33. The van der Waals surface area contributed by atoms with Crippen LogP contribution in [0, 0.1) is 0 Å². The maximum atomic E-state index is 12.2. The first-order chi connectivity index (χ1) is 7.59. The van der Waals surface area contributed by atoms with Crippen LogP contribution >= 0.6 is 11.6 Å². The van der Waals surface area contributed by atoms with Gasteiger partial charge in [0.2, 0.25) is 0 Å². The summed E-state index contributed by atoms with van der Waals surface area (Å²) in [7, 11) is 0. The van der Waals surface area contributed by atoms with E-state index in [-0.39, 0.29) is 17.7 Å². The molecule has 1 heterocycles. The van der Waals surface area contributed by atoms with Crippen LogP contribution < -0.4 is 0 Å². The second-order valence-corrected chi connectivity index (χ2v) is 4.56. The van der Waals surface area contributed by atoms with Crippen LogP contribution in [0.5, 0.6) is 5.75 Å². The molecule has 1 saturated heterocycles. The average molecular weight is 240 g/mol. The molecule has 1 unspecified atom stereocenters. The van der Waals surface area contributed by atoms with Gasteiger partial charge in [-0.3, -0.25) is 4.79 Å². The average Bonchev–Trinajstić information content (AvgIpc) is 2.67. The topological polar surface area (TPSA) is 40.5 Å². The largest absolute Gasteiger partial charge is 0.508 e. The van der Waals surface area contributed by atoms with Crippen molar-refractivity contribution in [3.05, 3.63) is 28.8 Å². The molecule has 4 heteroatoms. The minimum absolute atomic E-state index is 0.0691. The number of amides is 1. The summed E-state index contributed by atoms with van der Waals surface area (Å²) in [6.07, 6.45) is 2.06. The van der Waals surface area contributed by atoms with Crippen LogP contribution in [0.15, 0.2) is 18.2 Å². The molecule has 1 aromatic rings. The quantitative estimate of drug-likeness (QED) is 0.819. The van der Waals surface area contributed by atoms with Crippen LogP contribution in [-0.4, -0.2) is 28.5 Å². The Labute approximate surface area is 99.6 Å². The number of carbonyl (C=O) groups excluding carboxylic acids is 1. The van der Waals surface area contributed by atoms with Crippen LogP contribution in [0.4, 0.5) is 0 Å². The lowest BCUT2D eigenvalue weighted by molar-refractivity contribution is 0.0747. The second-order valence-electron chi connectivity index (χ2n) is 4.15. The van der Waals surface area contributed by atoms with Gasteiger partial charge in [0.05, 0.1) is 10.6 Å². The fraction of sp³-hybridized carbons (Fsp3) is 0.417. The van der Waals surface area contributed by atoms with Gasteiger partial charge >= 0.3 is 0 Å². The van der Waals surface area contributed by atoms with Crippen molar-refractivity contribution in [3.63, 3.8) is 0 Å². The van der Waals surface area contributed by atoms with Crippen molar-refractivity contribution in [2.75, 3.05) is 6.54 Å². The molecule has 3 nitrogen and oxygen atoms in total. The Morgan fingerprint density at radius 3 is 2.94 bits per heavy atom. The van der Waals surface area contributed by atoms with Gasteiger partial charge in [0.1, 0.15) is 5.75 Å². The zero-order chi connectivity index (χ0) is 11.7. The summed E-state index contributed by atoms with van der Waals surface area (Å²) in [4.78, 5) is 14.0. The van der Waals surface area contributed by atoms with Gasteiger partial charge in [-0.25, -0.2) is 0 Å². The highest BCUT2D eigenvalue weighted by molar-refractivity contribution is 6.33. The minimum Gasteiger partial charge on any atom is -0.508 e. The van der Waals surface area contributed by atoms with Crippen molar-refractivity contribution in [3.8, 4) is 5.75 Å². The summed E-state index contributed by atoms with van der Waals surface area (Å²) in [6.45, 7) is 2.80. The zero-order valence-corrected chi connectivity index (χ0v) is 9.87. The third-order valence-electron chi connectivity index (χ3n) is 2.99. The van der Waals surface area contributed by atoms with Crippen molar-refractivity contribution in [1.29, 1.82) is 0 Å². The van der Waals surface area contributed by atoms with Crippen LogP contribution in [0.3, 0.4) is 0 Å². The summed E-state index contributed by atoms with van der Waals surface area (Å²) in [5.74, 6) is -0.0227. The number of hydrogen-bond acceptors (Lipinski definition) is 2. The normalized spacial score (nSPS) is 20.1. The SMILES string of the molecule is CC1CCCN1C(=O)c1cc(O)ccc1Cl. The van der Waals surface area contributed by atoms with E-state index < -0.39 is 0 Å². The summed E-state index contributed by atoms with van der Waals surface area (Å²) in [5, 5.41) is 9.76. The number of nitrogens with zero attached hydrogens (tertiary/aromatic N) is 1. The highest BCUT2D eigenvalue weighted by Gasteiger charge is 2.27. The molecule has 0 radical (unpaired) electrons. The molecule has 0 saturated carbocycles. The molecule has 2 rings (SSSR count). The molecule has 1 aromatic carbocycles. The number of phenolic OH excluding ortho intramolecular Hbond substituents is 1. The molecule has 0 spiro atoms. The predicted octanol–water partition coefficient (Wildman–Crippen LogP) is 2.67. The second kappa shape index (κ2) is 4.34. The molecule has 1 aliphatic heterocycles. The van der Waals surface area contributed by atoms with Gasteiger partial charge < -0.3 is 10.0 Å². The van der Waals surface area contributed by atoms with Gasteiger partial charge in [-0.05, 0) is 38.0 Å². The fourth-order valence-corrected chi connectivity index (χ4v) is 2.27. The maximum Gasteiger partial charge on any atom is 0.255 e. The summed E-state index contributed by atoms with van der Waals surface area (Å²) in [6, 6.07) is 4.71. The lowest BCUT2D eigenvalue weighted by atomic mass is 10.1. The Balaban J connectivity index is 2.29. The molecular formula is C12H14ClNO2. The molecule has 1 aliphatic rings. The third kappa shape index (κ3) is 2.00. The summed E-state index contributed by atoms with van der Waals surface area (Å²) in [5.41, 5.74) is 0.385. The third-order valence-corrected chi connectivity index (χ3v) is 3.32. The molecule has 86 valence electrons. The van der Waals surface area contributed by atoms with E-state index in [1.54, 1.807) is 11.0 Å². The predicted molar refractivity (Wildman–Crippen MR) is 62.8 cm³/mol. The first-order valence-electron chi connectivity index (χ1n) is 5.39. The van der Waals surface area contributed by atoms with Gasteiger partial charge in [0.15, 0.2) is 0 Å². The van der Waals surface area contributed by atoms with E-state index in [9.17, 15) is 9.90 Å². The monoisotopic (exact) mass is 239 g/mol. The van der Waals surface area contributed by atoms with E-state index in [0.29, 0.717) is 10.6 Å². The molecule has 0 aromatic heterocycles. The van der Waals surface area contributed by atoms with Crippen molar-refractivity contribution in [1.82, 2.24) is 4.90 Å². The Hall–Kier alpha value is -1.22. The van der Waals surface area contributed by atoms with Gasteiger partial charge in [-0.1, -0.05) is 11.6 Å². The molecule has 1 atom stereocenters.